The molecule has 1 aromatic rings. The Morgan fingerprint density at radius 3 is 2.44 bits per heavy atom. The fourth-order valence-corrected chi connectivity index (χ4v) is 2.90. The Labute approximate surface area is 126 Å². The van der Waals surface area contributed by atoms with Gasteiger partial charge >= 0.3 is 0 Å². The van der Waals surface area contributed by atoms with Crippen molar-refractivity contribution in [3.63, 3.8) is 0 Å². The van der Waals surface area contributed by atoms with E-state index in [0.29, 0.717) is 6.04 Å². The van der Waals surface area contributed by atoms with Crippen molar-refractivity contribution < 1.29 is 0 Å². The van der Waals surface area contributed by atoms with Gasteiger partial charge < -0.3 is 5.32 Å². The van der Waals surface area contributed by atoms with E-state index in [9.17, 15) is 0 Å². The molecule has 0 radical (unpaired) electrons. The maximum Gasteiger partial charge on any atom is 0.0323 e. The van der Waals surface area contributed by atoms with Crippen LogP contribution >= 0.6 is 22.6 Å². The maximum absolute atomic E-state index is 3.71. The van der Waals surface area contributed by atoms with E-state index in [0.717, 1.165) is 12.5 Å². The molecule has 1 nitrogen and oxygen atoms in total. The van der Waals surface area contributed by atoms with Gasteiger partial charge in [-0.2, -0.15) is 0 Å². The van der Waals surface area contributed by atoms with E-state index in [1.54, 1.807) is 0 Å². The number of hydrogen-bond acceptors (Lipinski definition) is 1. The van der Waals surface area contributed by atoms with E-state index in [4.69, 9.17) is 0 Å². The van der Waals surface area contributed by atoms with E-state index >= 15 is 0 Å². The van der Waals surface area contributed by atoms with Gasteiger partial charge in [0.1, 0.15) is 0 Å². The summed E-state index contributed by atoms with van der Waals surface area (Å²) in [6.45, 7) is 7.95. The Morgan fingerprint density at radius 1 is 1.17 bits per heavy atom. The zero-order valence-electron chi connectivity index (χ0n) is 11.9. The van der Waals surface area contributed by atoms with Gasteiger partial charge in [0.15, 0.2) is 0 Å². The van der Waals surface area contributed by atoms with Crippen LogP contribution in [0.3, 0.4) is 0 Å². The van der Waals surface area contributed by atoms with Gasteiger partial charge in [0.25, 0.3) is 0 Å². The van der Waals surface area contributed by atoms with Crippen molar-refractivity contribution in [2.24, 2.45) is 5.92 Å². The Morgan fingerprint density at radius 2 is 1.89 bits per heavy atom. The third-order valence-electron chi connectivity index (χ3n) is 3.62. The average molecular weight is 359 g/mol. The molecule has 0 aliphatic rings. The van der Waals surface area contributed by atoms with Gasteiger partial charge in [-0.25, -0.2) is 0 Å². The van der Waals surface area contributed by atoms with Crippen LogP contribution in [0, 0.1) is 9.49 Å². The van der Waals surface area contributed by atoms with Crippen LogP contribution in [0.25, 0.3) is 0 Å². The molecule has 0 saturated carbocycles. The highest BCUT2D eigenvalue weighted by Crippen LogP contribution is 2.26. The van der Waals surface area contributed by atoms with Gasteiger partial charge in [0, 0.05) is 9.61 Å². The summed E-state index contributed by atoms with van der Waals surface area (Å²) >= 11 is 2.40. The smallest absolute Gasteiger partial charge is 0.0323 e. The van der Waals surface area contributed by atoms with Crippen LogP contribution in [0.2, 0.25) is 0 Å². The molecule has 1 rings (SSSR count). The molecule has 0 aromatic heterocycles. The minimum absolute atomic E-state index is 0.518. The third kappa shape index (κ3) is 5.27. The van der Waals surface area contributed by atoms with E-state index in [1.807, 2.05) is 0 Å². The summed E-state index contributed by atoms with van der Waals surface area (Å²) in [5, 5.41) is 3.71. The fraction of sp³-hybridized carbons (Fsp3) is 0.625. The molecule has 0 heterocycles. The molecular formula is C16H26IN. The monoisotopic (exact) mass is 359 g/mol. The standard InChI is InChI=1S/C16H26IN/c1-4-10-18-16(11-13(5-2)6-3)14-8-7-9-15(17)12-14/h7-9,12-13,16,18H,4-6,10-11H2,1-3H3. The second-order valence-corrected chi connectivity index (χ2v) is 6.23. The van der Waals surface area contributed by atoms with E-state index in [1.165, 1.54) is 34.8 Å². The number of halogens is 1. The molecule has 102 valence electrons. The molecule has 1 unspecified atom stereocenters. The van der Waals surface area contributed by atoms with Gasteiger partial charge in [-0.05, 0) is 65.6 Å². The Hall–Kier alpha value is -0.0900. The van der Waals surface area contributed by atoms with Crippen molar-refractivity contribution in [2.75, 3.05) is 6.54 Å². The van der Waals surface area contributed by atoms with Crippen LogP contribution < -0.4 is 5.32 Å². The largest absolute Gasteiger partial charge is 0.310 e. The topological polar surface area (TPSA) is 12.0 Å². The van der Waals surface area contributed by atoms with Gasteiger partial charge in [-0.15, -0.1) is 0 Å². The molecule has 1 atom stereocenters. The lowest BCUT2D eigenvalue weighted by molar-refractivity contribution is 0.371. The summed E-state index contributed by atoms with van der Waals surface area (Å²) < 4.78 is 1.33. The van der Waals surface area contributed by atoms with E-state index in [-0.39, 0.29) is 0 Å². The fourth-order valence-electron chi connectivity index (χ4n) is 2.33. The molecular weight excluding hydrogens is 333 g/mol. The first-order valence-corrected chi connectivity index (χ1v) is 8.27. The number of benzene rings is 1. The predicted molar refractivity (Wildman–Crippen MR) is 88.9 cm³/mol. The molecule has 0 spiro atoms. The lowest BCUT2D eigenvalue weighted by Crippen LogP contribution is -2.24. The van der Waals surface area contributed by atoms with Crippen molar-refractivity contribution in [1.82, 2.24) is 5.32 Å². The lowest BCUT2D eigenvalue weighted by atomic mass is 9.91. The molecule has 1 N–H and O–H groups in total. The summed E-state index contributed by atoms with van der Waals surface area (Å²) in [4.78, 5) is 0. The van der Waals surface area contributed by atoms with Crippen molar-refractivity contribution in [3.8, 4) is 0 Å². The highest BCUT2D eigenvalue weighted by molar-refractivity contribution is 14.1. The van der Waals surface area contributed by atoms with Gasteiger partial charge in [-0.3, -0.25) is 0 Å². The molecule has 18 heavy (non-hydrogen) atoms. The molecule has 0 aliphatic heterocycles. The van der Waals surface area contributed by atoms with Crippen molar-refractivity contribution in [2.45, 2.75) is 52.5 Å². The Bertz CT molecular complexity index is 334. The molecule has 0 saturated heterocycles. The lowest BCUT2D eigenvalue weighted by Gasteiger charge is -2.23. The van der Waals surface area contributed by atoms with Crippen LogP contribution in [0.1, 0.15) is 58.1 Å². The highest BCUT2D eigenvalue weighted by Gasteiger charge is 2.15. The summed E-state index contributed by atoms with van der Waals surface area (Å²) in [6, 6.07) is 9.43. The highest BCUT2D eigenvalue weighted by atomic mass is 127. The van der Waals surface area contributed by atoms with Crippen LogP contribution in [-0.2, 0) is 0 Å². The first-order chi connectivity index (χ1) is 8.71. The van der Waals surface area contributed by atoms with Gasteiger partial charge in [0.05, 0.1) is 0 Å². The van der Waals surface area contributed by atoms with Crippen molar-refractivity contribution in [1.29, 1.82) is 0 Å². The molecule has 1 aromatic carbocycles. The Kier molecular flexibility index (Phi) is 7.91. The minimum Gasteiger partial charge on any atom is -0.310 e. The predicted octanol–water partition coefficient (Wildman–Crippen LogP) is 5.16. The van der Waals surface area contributed by atoms with Crippen molar-refractivity contribution >= 4 is 22.6 Å². The van der Waals surface area contributed by atoms with E-state index in [2.05, 4.69) is 72.9 Å². The quantitative estimate of drug-likeness (QED) is 0.633. The normalized spacial score (nSPS) is 12.9. The van der Waals surface area contributed by atoms with Crippen LogP contribution in [-0.4, -0.2) is 6.54 Å². The molecule has 0 amide bonds. The second-order valence-electron chi connectivity index (χ2n) is 4.98. The van der Waals surface area contributed by atoms with Crippen LogP contribution in [0.5, 0.6) is 0 Å². The molecule has 0 aliphatic carbocycles. The summed E-state index contributed by atoms with van der Waals surface area (Å²) in [5.41, 5.74) is 1.45. The Balaban J connectivity index is 2.76. The average Bonchev–Trinajstić information content (AvgIpc) is 2.39. The number of nitrogens with one attached hydrogen (secondary N) is 1. The molecule has 2 heteroatoms. The minimum atomic E-state index is 0.518. The second kappa shape index (κ2) is 8.92. The van der Waals surface area contributed by atoms with Crippen LogP contribution in [0.15, 0.2) is 24.3 Å². The van der Waals surface area contributed by atoms with Crippen LogP contribution in [0.4, 0.5) is 0 Å². The molecule has 0 bridgehead atoms. The van der Waals surface area contributed by atoms with Crippen molar-refractivity contribution in [3.05, 3.63) is 33.4 Å². The summed E-state index contributed by atoms with van der Waals surface area (Å²) in [6.07, 6.45) is 5.02. The first kappa shape index (κ1) is 16.0. The number of hydrogen-bond donors (Lipinski definition) is 1. The van der Waals surface area contributed by atoms with E-state index < -0.39 is 0 Å². The summed E-state index contributed by atoms with van der Waals surface area (Å²) in [7, 11) is 0. The maximum atomic E-state index is 3.71. The summed E-state index contributed by atoms with van der Waals surface area (Å²) in [5.74, 6) is 0.831. The zero-order valence-corrected chi connectivity index (χ0v) is 14.0. The third-order valence-corrected chi connectivity index (χ3v) is 4.29. The molecule has 0 fully saturated rings. The SMILES string of the molecule is CCCNC(CC(CC)CC)c1cccc(I)c1. The van der Waals surface area contributed by atoms with Gasteiger partial charge in [-0.1, -0.05) is 45.7 Å². The van der Waals surface area contributed by atoms with Gasteiger partial charge in [0.2, 0.25) is 0 Å². The number of rotatable bonds is 8. The zero-order chi connectivity index (χ0) is 13.4. The first-order valence-electron chi connectivity index (χ1n) is 7.20.